The topological polar surface area (TPSA) is 116 Å². The molecule has 0 saturated carbocycles. The highest BCUT2D eigenvalue weighted by Gasteiger charge is 2.16. The molecule has 1 aromatic carbocycles. The molecule has 1 amide bonds. The van der Waals surface area contributed by atoms with Crippen LogP contribution in [0.3, 0.4) is 0 Å². The van der Waals surface area contributed by atoms with Crippen molar-refractivity contribution in [3.05, 3.63) is 33.9 Å². The van der Waals surface area contributed by atoms with Crippen LogP contribution in [0.2, 0.25) is 0 Å². The Bertz CT molecular complexity index is 730. The van der Waals surface area contributed by atoms with E-state index in [4.69, 9.17) is 0 Å². The minimum absolute atomic E-state index is 0.0285. The lowest BCUT2D eigenvalue weighted by molar-refractivity contribution is -0.385. The van der Waals surface area contributed by atoms with Crippen LogP contribution in [0, 0.1) is 17.0 Å². The van der Waals surface area contributed by atoms with Gasteiger partial charge in [0.05, 0.1) is 28.0 Å². The average Bonchev–Trinajstić information content (AvgIpc) is 2.95. The van der Waals surface area contributed by atoms with Crippen molar-refractivity contribution in [2.45, 2.75) is 32.0 Å². The number of benzene rings is 1. The van der Waals surface area contributed by atoms with E-state index in [1.54, 1.807) is 17.7 Å². The second-order valence-corrected chi connectivity index (χ2v) is 5.99. The molecule has 122 valence electrons. The van der Waals surface area contributed by atoms with E-state index in [0.717, 1.165) is 0 Å². The number of nitro groups is 1. The van der Waals surface area contributed by atoms with E-state index in [0.29, 0.717) is 16.4 Å². The number of nitro benzene ring substituents is 1. The summed E-state index contributed by atoms with van der Waals surface area (Å²) in [5.74, 6) is -0.174. The number of thioether (sulfide) groups is 1. The molecule has 0 spiro atoms. The Kier molecular flexibility index (Phi) is 5.27. The summed E-state index contributed by atoms with van der Waals surface area (Å²) < 4.78 is 1.62. The van der Waals surface area contributed by atoms with E-state index >= 15 is 0 Å². The molecule has 0 fully saturated rings. The molecule has 0 atom stereocenters. The van der Waals surface area contributed by atoms with Gasteiger partial charge in [0.15, 0.2) is 0 Å². The first-order valence-corrected chi connectivity index (χ1v) is 7.83. The van der Waals surface area contributed by atoms with E-state index in [2.05, 4.69) is 20.8 Å². The van der Waals surface area contributed by atoms with Crippen LogP contribution >= 0.6 is 11.8 Å². The fraction of sp³-hybridized carbons (Fsp3) is 0.385. The molecule has 0 aliphatic rings. The predicted octanol–water partition coefficient (Wildman–Crippen LogP) is 2.20. The van der Waals surface area contributed by atoms with Crippen LogP contribution in [0.1, 0.15) is 25.5 Å². The summed E-state index contributed by atoms with van der Waals surface area (Å²) in [5.41, 5.74) is 0.815. The second kappa shape index (κ2) is 7.18. The molecule has 2 aromatic rings. The minimum Gasteiger partial charge on any atom is -0.325 e. The van der Waals surface area contributed by atoms with E-state index in [-0.39, 0.29) is 23.4 Å². The molecule has 0 radical (unpaired) electrons. The normalized spacial score (nSPS) is 10.8. The van der Waals surface area contributed by atoms with Crippen LogP contribution in [0.25, 0.3) is 0 Å². The van der Waals surface area contributed by atoms with Gasteiger partial charge in [0.2, 0.25) is 11.1 Å². The van der Waals surface area contributed by atoms with Crippen molar-refractivity contribution in [3.8, 4) is 0 Å². The number of aromatic nitrogens is 4. The van der Waals surface area contributed by atoms with Crippen molar-refractivity contribution in [2.75, 3.05) is 11.1 Å². The zero-order valence-electron chi connectivity index (χ0n) is 12.9. The molecule has 0 saturated heterocycles. The third-order valence-electron chi connectivity index (χ3n) is 3.06. The lowest BCUT2D eigenvalue weighted by Crippen LogP contribution is -2.16. The second-order valence-electron chi connectivity index (χ2n) is 5.04. The zero-order valence-corrected chi connectivity index (χ0v) is 13.7. The van der Waals surface area contributed by atoms with E-state index in [9.17, 15) is 14.9 Å². The smallest absolute Gasteiger partial charge is 0.274 e. The summed E-state index contributed by atoms with van der Waals surface area (Å²) in [4.78, 5) is 22.5. The lowest BCUT2D eigenvalue weighted by Gasteiger charge is -2.09. The number of hydrogen-bond acceptors (Lipinski definition) is 7. The molecule has 0 unspecified atom stereocenters. The molecular weight excluding hydrogens is 320 g/mol. The van der Waals surface area contributed by atoms with E-state index < -0.39 is 4.92 Å². The number of carbonyl (C=O) groups excluding carboxylic acids is 1. The van der Waals surface area contributed by atoms with Gasteiger partial charge < -0.3 is 5.32 Å². The highest BCUT2D eigenvalue weighted by Crippen LogP contribution is 2.25. The number of rotatable bonds is 6. The minimum atomic E-state index is -0.476. The number of nitrogens with zero attached hydrogens (tertiary/aromatic N) is 5. The van der Waals surface area contributed by atoms with Gasteiger partial charge in [-0.2, -0.15) is 0 Å². The predicted molar refractivity (Wildman–Crippen MR) is 85.4 cm³/mol. The maximum atomic E-state index is 12.0. The van der Waals surface area contributed by atoms with Crippen LogP contribution in [-0.4, -0.2) is 36.8 Å². The molecule has 1 N–H and O–H groups in total. The monoisotopic (exact) mass is 336 g/mol. The summed E-state index contributed by atoms with van der Waals surface area (Å²) in [6.45, 7) is 5.47. The van der Waals surface area contributed by atoms with Crippen molar-refractivity contribution in [1.82, 2.24) is 20.2 Å². The molecule has 9 nitrogen and oxygen atoms in total. The number of carbonyl (C=O) groups is 1. The Morgan fingerprint density at radius 1 is 1.48 bits per heavy atom. The van der Waals surface area contributed by atoms with Gasteiger partial charge in [0.1, 0.15) is 0 Å². The summed E-state index contributed by atoms with van der Waals surface area (Å²) in [6.07, 6.45) is 0. The number of amides is 1. The number of hydrogen-bond donors (Lipinski definition) is 1. The van der Waals surface area contributed by atoms with Crippen molar-refractivity contribution < 1.29 is 9.72 Å². The van der Waals surface area contributed by atoms with Crippen LogP contribution in [0.15, 0.2) is 23.4 Å². The lowest BCUT2D eigenvalue weighted by atomic mass is 10.1. The maximum absolute atomic E-state index is 12.0. The van der Waals surface area contributed by atoms with Crippen molar-refractivity contribution in [3.63, 3.8) is 0 Å². The van der Waals surface area contributed by atoms with Gasteiger partial charge in [-0.3, -0.25) is 14.9 Å². The molecular formula is C13H16N6O3S. The molecule has 0 bridgehead atoms. The zero-order chi connectivity index (χ0) is 17.0. The van der Waals surface area contributed by atoms with Gasteiger partial charge in [-0.15, -0.1) is 5.10 Å². The average molecular weight is 336 g/mol. The van der Waals surface area contributed by atoms with Gasteiger partial charge in [0.25, 0.3) is 5.69 Å². The van der Waals surface area contributed by atoms with Crippen LogP contribution in [0.4, 0.5) is 11.4 Å². The highest BCUT2D eigenvalue weighted by molar-refractivity contribution is 7.99. The quantitative estimate of drug-likeness (QED) is 0.488. The number of anilines is 1. The molecule has 10 heteroatoms. The Morgan fingerprint density at radius 3 is 2.87 bits per heavy atom. The molecule has 2 rings (SSSR count). The van der Waals surface area contributed by atoms with Gasteiger partial charge >= 0.3 is 0 Å². The van der Waals surface area contributed by atoms with Crippen molar-refractivity contribution in [1.29, 1.82) is 0 Å². The third kappa shape index (κ3) is 4.03. The Morgan fingerprint density at radius 2 is 2.22 bits per heavy atom. The fourth-order valence-corrected chi connectivity index (χ4v) is 2.68. The number of tetrazole rings is 1. The van der Waals surface area contributed by atoms with Gasteiger partial charge in [-0.1, -0.05) is 17.8 Å². The van der Waals surface area contributed by atoms with Gasteiger partial charge in [-0.05, 0) is 37.3 Å². The van der Waals surface area contributed by atoms with Gasteiger partial charge in [-0.25, -0.2) is 4.68 Å². The molecule has 1 aromatic heterocycles. The molecule has 0 aliphatic carbocycles. The molecule has 23 heavy (non-hydrogen) atoms. The maximum Gasteiger partial charge on any atom is 0.274 e. The first kappa shape index (κ1) is 16.9. The van der Waals surface area contributed by atoms with Crippen LogP contribution in [-0.2, 0) is 4.79 Å². The van der Waals surface area contributed by atoms with Gasteiger partial charge in [0, 0.05) is 6.07 Å². The highest BCUT2D eigenvalue weighted by atomic mass is 32.2. The first-order chi connectivity index (χ1) is 10.9. The summed E-state index contributed by atoms with van der Waals surface area (Å²) in [7, 11) is 0. The molecule has 1 heterocycles. The fourth-order valence-electron chi connectivity index (χ4n) is 1.88. The summed E-state index contributed by atoms with van der Waals surface area (Å²) >= 11 is 1.21. The Balaban J connectivity index is 2.02. The summed E-state index contributed by atoms with van der Waals surface area (Å²) in [6, 6.07) is 4.65. The standard InChI is InChI=1S/C13H16N6O3S/c1-8(2)18-13(15-16-17-18)23-7-12(20)14-10-5-4-6-11(9(10)3)19(21)22/h4-6,8H,7H2,1-3H3,(H,14,20). The summed E-state index contributed by atoms with van der Waals surface area (Å²) in [5, 5.41) is 25.4. The first-order valence-electron chi connectivity index (χ1n) is 6.84. The van der Waals surface area contributed by atoms with Crippen LogP contribution < -0.4 is 5.32 Å². The SMILES string of the molecule is Cc1c(NC(=O)CSc2nnnn2C(C)C)cccc1[N+](=O)[O-]. The Hall–Kier alpha value is -2.49. The van der Waals surface area contributed by atoms with Crippen molar-refractivity contribution in [2.24, 2.45) is 0 Å². The largest absolute Gasteiger partial charge is 0.325 e. The van der Waals surface area contributed by atoms with E-state index in [1.807, 2.05) is 13.8 Å². The number of nitrogens with one attached hydrogen (secondary N) is 1. The molecule has 0 aliphatic heterocycles. The van der Waals surface area contributed by atoms with E-state index in [1.165, 1.54) is 23.9 Å². The third-order valence-corrected chi connectivity index (χ3v) is 3.99. The van der Waals surface area contributed by atoms with Crippen LogP contribution in [0.5, 0.6) is 0 Å². The Labute approximate surface area is 136 Å². The van der Waals surface area contributed by atoms with Crippen molar-refractivity contribution >= 4 is 29.0 Å².